The van der Waals surface area contributed by atoms with Gasteiger partial charge in [-0.1, -0.05) is 54.1 Å². The van der Waals surface area contributed by atoms with Crippen LogP contribution in [0.1, 0.15) is 16.5 Å². The number of sulfone groups is 1. The molecule has 3 aromatic carbocycles. The van der Waals surface area contributed by atoms with Crippen LogP contribution in [0.25, 0.3) is 6.08 Å². The fraction of sp³-hybridized carbons (Fsp3) is 0.160. The molecule has 0 spiro atoms. The van der Waals surface area contributed by atoms with E-state index in [4.69, 9.17) is 25.8 Å². The van der Waals surface area contributed by atoms with Crippen molar-refractivity contribution in [2.45, 2.75) is 5.37 Å². The number of amides is 1. The molecule has 0 aliphatic carbocycles. The lowest BCUT2D eigenvalue weighted by Gasteiger charge is -2.24. The minimum atomic E-state index is -4.13. The van der Waals surface area contributed by atoms with E-state index in [1.165, 1.54) is 32.3 Å². The summed E-state index contributed by atoms with van der Waals surface area (Å²) in [7, 11) is 0.246. The van der Waals surface area contributed by atoms with E-state index in [2.05, 4.69) is 0 Å². The van der Waals surface area contributed by atoms with Gasteiger partial charge in [-0.2, -0.15) is 0 Å². The lowest BCUT2D eigenvalue weighted by atomic mass is 10.1. The number of hydrogen-bond donors (Lipinski definition) is 0. The zero-order chi connectivity index (χ0) is 24.5. The van der Waals surface area contributed by atoms with Gasteiger partial charge in [0.15, 0.2) is 16.9 Å². The first-order valence-corrected chi connectivity index (χ1v) is 12.1. The summed E-state index contributed by atoms with van der Waals surface area (Å²) < 4.78 is 43.6. The number of para-hydroxylation sites is 1. The van der Waals surface area contributed by atoms with Crippen molar-refractivity contribution in [2.24, 2.45) is 0 Å². The SMILES string of the molecule is COc1cc(/C=C2\C(=O)N(c3ccccc3Cl)C(c3ccccc3)S2(=O)=O)cc(OC)c1OC. The second-order valence-electron chi connectivity index (χ2n) is 7.40. The van der Waals surface area contributed by atoms with Gasteiger partial charge in [-0.05, 0) is 41.5 Å². The molecule has 0 aromatic heterocycles. The molecule has 0 saturated carbocycles. The van der Waals surface area contributed by atoms with Crippen molar-refractivity contribution in [2.75, 3.05) is 26.2 Å². The quantitative estimate of drug-likeness (QED) is 0.450. The van der Waals surface area contributed by atoms with Crippen molar-refractivity contribution in [3.05, 3.63) is 87.8 Å². The van der Waals surface area contributed by atoms with Crippen molar-refractivity contribution in [3.8, 4) is 17.2 Å². The largest absolute Gasteiger partial charge is 0.493 e. The number of carbonyl (C=O) groups excluding carboxylic acids is 1. The summed E-state index contributed by atoms with van der Waals surface area (Å²) in [5.41, 5.74) is 1.15. The number of benzene rings is 3. The van der Waals surface area contributed by atoms with Crippen LogP contribution in [0.5, 0.6) is 17.2 Å². The van der Waals surface area contributed by atoms with Crippen molar-refractivity contribution in [1.29, 1.82) is 0 Å². The molecule has 1 heterocycles. The smallest absolute Gasteiger partial charge is 0.271 e. The van der Waals surface area contributed by atoms with Gasteiger partial charge in [0.1, 0.15) is 4.91 Å². The standard InChI is InChI=1S/C25H22ClNO6S/c1-31-20-13-16(14-21(32-2)23(20)33-3)15-22-24(28)27(19-12-8-7-11-18(19)26)25(34(22,29)30)17-9-5-4-6-10-17/h4-15,25H,1-3H3/b22-15+. The zero-order valence-electron chi connectivity index (χ0n) is 18.7. The van der Waals surface area contributed by atoms with Crippen LogP contribution in [0.3, 0.4) is 0 Å². The Balaban J connectivity index is 1.94. The molecule has 1 fully saturated rings. The first-order chi connectivity index (χ1) is 16.3. The van der Waals surface area contributed by atoms with Crippen molar-refractivity contribution in [3.63, 3.8) is 0 Å². The fourth-order valence-electron chi connectivity index (χ4n) is 3.91. The Hall–Kier alpha value is -3.49. The lowest BCUT2D eigenvalue weighted by molar-refractivity contribution is -0.114. The highest BCUT2D eigenvalue weighted by Gasteiger charge is 2.50. The third-order valence-corrected chi connectivity index (χ3v) is 7.74. The van der Waals surface area contributed by atoms with E-state index in [1.54, 1.807) is 66.7 Å². The number of carbonyl (C=O) groups is 1. The number of methoxy groups -OCH3 is 3. The van der Waals surface area contributed by atoms with E-state index in [0.29, 0.717) is 34.1 Å². The van der Waals surface area contributed by atoms with Gasteiger partial charge in [0.25, 0.3) is 5.91 Å². The van der Waals surface area contributed by atoms with Crippen molar-refractivity contribution >= 4 is 39.1 Å². The molecular formula is C25H22ClNO6S. The Morgan fingerprint density at radius 3 is 2.03 bits per heavy atom. The minimum absolute atomic E-state index is 0.265. The molecule has 4 rings (SSSR count). The molecule has 0 bridgehead atoms. The normalized spacial score (nSPS) is 18.2. The molecule has 34 heavy (non-hydrogen) atoms. The molecule has 1 aliphatic rings. The average molecular weight is 500 g/mol. The van der Waals surface area contributed by atoms with Crippen LogP contribution in [0.15, 0.2) is 71.6 Å². The highest BCUT2D eigenvalue weighted by molar-refractivity contribution is 7.97. The maximum Gasteiger partial charge on any atom is 0.271 e. The topological polar surface area (TPSA) is 82.1 Å². The van der Waals surface area contributed by atoms with E-state index >= 15 is 0 Å². The van der Waals surface area contributed by atoms with Gasteiger partial charge in [0, 0.05) is 0 Å². The van der Waals surface area contributed by atoms with Gasteiger partial charge in [0.05, 0.1) is 32.0 Å². The Labute approximate surface area is 203 Å². The summed E-state index contributed by atoms with van der Waals surface area (Å²) >= 11 is 6.38. The number of nitrogens with zero attached hydrogens (tertiary/aromatic N) is 1. The first-order valence-electron chi connectivity index (χ1n) is 10.2. The molecule has 7 nitrogen and oxygen atoms in total. The van der Waals surface area contributed by atoms with Gasteiger partial charge in [-0.3, -0.25) is 9.69 Å². The number of ether oxygens (including phenoxy) is 3. The average Bonchev–Trinajstić information content (AvgIpc) is 3.04. The second-order valence-corrected chi connectivity index (χ2v) is 9.79. The van der Waals surface area contributed by atoms with Crippen LogP contribution in [-0.2, 0) is 14.6 Å². The van der Waals surface area contributed by atoms with Gasteiger partial charge in [0.2, 0.25) is 15.6 Å². The van der Waals surface area contributed by atoms with Gasteiger partial charge in [-0.25, -0.2) is 8.42 Å². The van der Waals surface area contributed by atoms with Crippen molar-refractivity contribution < 1.29 is 27.4 Å². The number of hydrogen-bond acceptors (Lipinski definition) is 6. The van der Waals surface area contributed by atoms with Crippen LogP contribution >= 0.6 is 11.6 Å². The van der Waals surface area contributed by atoms with Gasteiger partial charge >= 0.3 is 0 Å². The molecular weight excluding hydrogens is 478 g/mol. The van der Waals surface area contributed by atoms with Crippen LogP contribution in [-0.4, -0.2) is 35.7 Å². The molecule has 1 saturated heterocycles. The van der Waals surface area contributed by atoms with Crippen molar-refractivity contribution in [1.82, 2.24) is 0 Å². The van der Waals surface area contributed by atoms with E-state index in [1.807, 2.05) is 0 Å². The molecule has 0 radical (unpaired) electrons. The maximum atomic E-state index is 13.8. The summed E-state index contributed by atoms with van der Waals surface area (Å²) in [6.45, 7) is 0. The molecule has 1 aliphatic heterocycles. The highest BCUT2D eigenvalue weighted by atomic mass is 35.5. The van der Waals surface area contributed by atoms with E-state index < -0.39 is 21.1 Å². The van der Waals surface area contributed by atoms with Gasteiger partial charge in [-0.15, -0.1) is 0 Å². The Morgan fingerprint density at radius 1 is 0.882 bits per heavy atom. The molecule has 1 atom stereocenters. The monoisotopic (exact) mass is 499 g/mol. The first kappa shape index (κ1) is 23.7. The molecule has 3 aromatic rings. The third kappa shape index (κ3) is 3.99. The summed E-state index contributed by atoms with van der Waals surface area (Å²) in [6, 6.07) is 18.4. The number of halogens is 1. The van der Waals surface area contributed by atoms with E-state index in [9.17, 15) is 13.2 Å². The lowest BCUT2D eigenvalue weighted by Crippen LogP contribution is -2.29. The Morgan fingerprint density at radius 2 is 1.47 bits per heavy atom. The summed E-state index contributed by atoms with van der Waals surface area (Å²) in [5.74, 6) is 0.335. The molecule has 9 heteroatoms. The number of rotatable bonds is 6. The molecule has 176 valence electrons. The molecule has 1 unspecified atom stereocenters. The predicted molar refractivity (Wildman–Crippen MR) is 131 cm³/mol. The molecule has 0 N–H and O–H groups in total. The fourth-order valence-corrected chi connectivity index (χ4v) is 6.03. The predicted octanol–water partition coefficient (Wildman–Crippen LogP) is 4.87. The van der Waals surface area contributed by atoms with Gasteiger partial charge < -0.3 is 14.2 Å². The van der Waals surface area contributed by atoms with Crippen LogP contribution in [0.2, 0.25) is 5.02 Å². The van der Waals surface area contributed by atoms with Crippen LogP contribution in [0.4, 0.5) is 5.69 Å². The summed E-state index contributed by atoms with van der Waals surface area (Å²) in [6.07, 6.45) is 1.31. The highest BCUT2D eigenvalue weighted by Crippen LogP contribution is 2.46. The maximum absolute atomic E-state index is 13.8. The van der Waals surface area contributed by atoms with E-state index in [-0.39, 0.29) is 9.93 Å². The molecule has 1 amide bonds. The van der Waals surface area contributed by atoms with Crippen LogP contribution in [0, 0.1) is 0 Å². The second kappa shape index (κ2) is 9.40. The minimum Gasteiger partial charge on any atom is -0.493 e. The summed E-state index contributed by atoms with van der Waals surface area (Å²) in [4.78, 5) is 14.5. The number of anilines is 1. The van der Waals surface area contributed by atoms with E-state index in [0.717, 1.165) is 0 Å². The zero-order valence-corrected chi connectivity index (χ0v) is 20.3. The van der Waals surface area contributed by atoms with Crippen LogP contribution < -0.4 is 19.1 Å². The Kier molecular flexibility index (Phi) is 6.54. The Bertz CT molecular complexity index is 1350. The summed E-state index contributed by atoms with van der Waals surface area (Å²) in [5, 5.41) is -1.00. The third-order valence-electron chi connectivity index (χ3n) is 5.45.